The molecule has 0 unspecified atom stereocenters. The Morgan fingerprint density at radius 2 is 2.29 bits per heavy atom. The first-order valence-corrected chi connectivity index (χ1v) is 4.37. The third kappa shape index (κ3) is 6.00. The minimum atomic E-state index is -1.07. The van der Waals surface area contributed by atoms with Crippen molar-refractivity contribution < 1.29 is 14.7 Å². The van der Waals surface area contributed by atoms with Gasteiger partial charge >= 0.3 is 5.97 Å². The molecule has 0 aliphatic rings. The molecule has 0 fully saturated rings. The average molecular weight is 198 g/mol. The predicted octanol–water partition coefficient (Wildman–Crippen LogP) is 1.40. The first kappa shape index (κ1) is 12.4. The summed E-state index contributed by atoms with van der Waals surface area (Å²) in [6, 6.07) is 1.87. The average Bonchev–Trinajstić information content (AvgIpc) is 2.09. The lowest BCUT2D eigenvalue weighted by Gasteiger charge is -2.03. The van der Waals surface area contributed by atoms with E-state index in [0.717, 1.165) is 0 Å². The van der Waals surface area contributed by atoms with E-state index in [-0.39, 0.29) is 24.7 Å². The Morgan fingerprint density at radius 1 is 1.64 bits per heavy atom. The van der Waals surface area contributed by atoms with E-state index in [4.69, 9.17) is 10.4 Å². The SMILES string of the molecule is CC(C)CC(=NOCCC#N)C(=O)O. The number of oxime groups is 1. The lowest BCUT2D eigenvalue weighted by Crippen LogP contribution is -2.16. The zero-order valence-electron chi connectivity index (χ0n) is 8.36. The Kier molecular flexibility index (Phi) is 6.12. The summed E-state index contributed by atoms with van der Waals surface area (Å²) in [6.45, 7) is 3.92. The quantitative estimate of drug-likeness (QED) is 0.397. The number of carbonyl (C=O) groups is 1. The summed E-state index contributed by atoms with van der Waals surface area (Å²) in [6.07, 6.45) is 0.569. The fourth-order valence-electron chi connectivity index (χ4n) is 0.765. The van der Waals surface area contributed by atoms with Crippen molar-refractivity contribution in [2.24, 2.45) is 11.1 Å². The molecule has 0 saturated carbocycles. The van der Waals surface area contributed by atoms with Gasteiger partial charge in [-0.25, -0.2) is 4.79 Å². The zero-order chi connectivity index (χ0) is 11.0. The second-order valence-corrected chi connectivity index (χ2v) is 3.18. The molecule has 0 atom stereocenters. The highest BCUT2D eigenvalue weighted by atomic mass is 16.6. The molecule has 0 saturated heterocycles. The van der Waals surface area contributed by atoms with Crippen molar-refractivity contribution in [1.82, 2.24) is 0 Å². The summed E-state index contributed by atoms with van der Waals surface area (Å²) in [5.41, 5.74) is -0.00191. The fourth-order valence-corrected chi connectivity index (χ4v) is 0.765. The van der Waals surface area contributed by atoms with Gasteiger partial charge in [0.15, 0.2) is 5.71 Å². The van der Waals surface area contributed by atoms with Crippen molar-refractivity contribution in [3.05, 3.63) is 0 Å². The van der Waals surface area contributed by atoms with Crippen molar-refractivity contribution in [2.45, 2.75) is 26.7 Å². The standard InChI is InChI=1S/C9H14N2O3/c1-7(2)6-8(9(12)13)11-14-5-3-4-10/h7H,3,5-6H2,1-2H3,(H,12,13). The van der Waals surface area contributed by atoms with Gasteiger partial charge in [0.2, 0.25) is 0 Å². The summed E-state index contributed by atoms with van der Waals surface area (Å²) in [5.74, 6) is -0.861. The van der Waals surface area contributed by atoms with Gasteiger partial charge in [-0.3, -0.25) is 0 Å². The van der Waals surface area contributed by atoms with Gasteiger partial charge in [-0.15, -0.1) is 0 Å². The first-order valence-electron chi connectivity index (χ1n) is 4.37. The number of carboxylic acid groups (broad SMARTS) is 1. The van der Waals surface area contributed by atoms with Crippen molar-refractivity contribution in [3.8, 4) is 6.07 Å². The van der Waals surface area contributed by atoms with Gasteiger partial charge in [0.05, 0.1) is 12.5 Å². The Hall–Kier alpha value is -1.57. The number of hydrogen-bond donors (Lipinski definition) is 1. The molecule has 5 heteroatoms. The maximum atomic E-state index is 10.6. The highest BCUT2D eigenvalue weighted by Crippen LogP contribution is 2.02. The summed E-state index contributed by atoms with van der Waals surface area (Å²) in [5, 5.41) is 20.4. The lowest BCUT2D eigenvalue weighted by atomic mass is 10.1. The second kappa shape index (κ2) is 6.89. The molecule has 0 aromatic rings. The van der Waals surface area contributed by atoms with Gasteiger partial charge < -0.3 is 9.94 Å². The van der Waals surface area contributed by atoms with E-state index < -0.39 is 5.97 Å². The van der Waals surface area contributed by atoms with E-state index in [2.05, 4.69) is 9.99 Å². The van der Waals surface area contributed by atoms with Crippen LogP contribution in [0.5, 0.6) is 0 Å². The van der Waals surface area contributed by atoms with Crippen LogP contribution in [0.3, 0.4) is 0 Å². The monoisotopic (exact) mass is 198 g/mol. The normalized spacial score (nSPS) is 11.1. The Balaban J connectivity index is 4.07. The molecule has 0 spiro atoms. The number of nitriles is 1. The molecule has 78 valence electrons. The molecule has 14 heavy (non-hydrogen) atoms. The van der Waals surface area contributed by atoms with Gasteiger partial charge in [0.1, 0.15) is 6.61 Å². The van der Waals surface area contributed by atoms with Crippen LogP contribution in [0.25, 0.3) is 0 Å². The highest BCUT2D eigenvalue weighted by Gasteiger charge is 2.12. The van der Waals surface area contributed by atoms with Crippen LogP contribution in [0.1, 0.15) is 26.7 Å². The molecule has 0 aliphatic carbocycles. The van der Waals surface area contributed by atoms with Crippen molar-refractivity contribution in [3.63, 3.8) is 0 Å². The van der Waals surface area contributed by atoms with Crippen LogP contribution in [0.4, 0.5) is 0 Å². The van der Waals surface area contributed by atoms with Gasteiger partial charge in [0.25, 0.3) is 0 Å². The van der Waals surface area contributed by atoms with Gasteiger partial charge in [0, 0.05) is 6.42 Å². The van der Waals surface area contributed by atoms with E-state index in [0.29, 0.717) is 6.42 Å². The summed E-state index contributed by atoms with van der Waals surface area (Å²) in [7, 11) is 0. The van der Waals surface area contributed by atoms with Crippen LogP contribution in [0, 0.1) is 17.2 Å². The number of carboxylic acids is 1. The van der Waals surface area contributed by atoms with Crippen LogP contribution in [0.2, 0.25) is 0 Å². The number of hydrogen-bond acceptors (Lipinski definition) is 4. The summed E-state index contributed by atoms with van der Waals surface area (Å²) >= 11 is 0. The van der Waals surface area contributed by atoms with E-state index in [1.165, 1.54) is 0 Å². The minimum absolute atomic E-state index is 0.00191. The predicted molar refractivity (Wildman–Crippen MR) is 50.7 cm³/mol. The highest BCUT2D eigenvalue weighted by molar-refractivity contribution is 6.35. The molecule has 0 amide bonds. The molecule has 5 nitrogen and oxygen atoms in total. The van der Waals surface area contributed by atoms with Crippen LogP contribution >= 0.6 is 0 Å². The zero-order valence-corrected chi connectivity index (χ0v) is 8.36. The third-order valence-corrected chi connectivity index (χ3v) is 1.33. The van der Waals surface area contributed by atoms with E-state index >= 15 is 0 Å². The van der Waals surface area contributed by atoms with Gasteiger partial charge in [-0.05, 0) is 5.92 Å². The summed E-state index contributed by atoms with van der Waals surface area (Å²) in [4.78, 5) is 15.3. The van der Waals surface area contributed by atoms with E-state index in [1.807, 2.05) is 19.9 Å². The molecule has 0 aromatic heterocycles. The minimum Gasteiger partial charge on any atom is -0.477 e. The number of rotatable bonds is 6. The van der Waals surface area contributed by atoms with Crippen molar-refractivity contribution in [2.75, 3.05) is 6.61 Å². The third-order valence-electron chi connectivity index (χ3n) is 1.33. The molecule has 0 radical (unpaired) electrons. The molecule has 0 heterocycles. The molecule has 0 rings (SSSR count). The summed E-state index contributed by atoms with van der Waals surface area (Å²) < 4.78 is 0. The largest absolute Gasteiger partial charge is 0.477 e. The molecular formula is C9H14N2O3. The van der Waals surface area contributed by atoms with Crippen LogP contribution in [-0.2, 0) is 9.63 Å². The maximum absolute atomic E-state index is 10.6. The second-order valence-electron chi connectivity index (χ2n) is 3.18. The Morgan fingerprint density at radius 3 is 2.71 bits per heavy atom. The van der Waals surface area contributed by atoms with Crippen LogP contribution < -0.4 is 0 Å². The number of nitrogens with zero attached hydrogens (tertiary/aromatic N) is 2. The lowest BCUT2D eigenvalue weighted by molar-refractivity contribution is -0.129. The van der Waals surface area contributed by atoms with Crippen LogP contribution in [0.15, 0.2) is 5.16 Å². The number of aliphatic carboxylic acids is 1. The van der Waals surface area contributed by atoms with Crippen molar-refractivity contribution >= 4 is 11.7 Å². The van der Waals surface area contributed by atoms with Gasteiger partial charge in [-0.1, -0.05) is 19.0 Å². The maximum Gasteiger partial charge on any atom is 0.353 e. The smallest absolute Gasteiger partial charge is 0.353 e. The fraction of sp³-hybridized carbons (Fsp3) is 0.667. The molecule has 1 N–H and O–H groups in total. The first-order chi connectivity index (χ1) is 6.57. The van der Waals surface area contributed by atoms with Crippen molar-refractivity contribution in [1.29, 1.82) is 5.26 Å². The molecule has 0 aromatic carbocycles. The molecular weight excluding hydrogens is 184 g/mol. The molecule has 0 bridgehead atoms. The van der Waals surface area contributed by atoms with Crippen LogP contribution in [-0.4, -0.2) is 23.4 Å². The Labute approximate surface area is 83.0 Å². The van der Waals surface area contributed by atoms with E-state index in [1.54, 1.807) is 0 Å². The Bertz CT molecular complexity index is 253. The van der Waals surface area contributed by atoms with E-state index in [9.17, 15) is 4.79 Å². The molecule has 0 aliphatic heterocycles. The topological polar surface area (TPSA) is 82.7 Å². The van der Waals surface area contributed by atoms with Gasteiger partial charge in [-0.2, -0.15) is 5.26 Å².